The van der Waals surface area contributed by atoms with E-state index in [1.165, 1.54) is 6.08 Å². The number of carbonyl (C=O) groups is 1. The van der Waals surface area contributed by atoms with Gasteiger partial charge in [-0.15, -0.1) is 0 Å². The molecule has 2 N–H and O–H groups in total. The number of aromatic amines is 1. The second-order valence-electron chi connectivity index (χ2n) is 5.40. The first-order chi connectivity index (χ1) is 12.1. The number of pyridine rings is 3. The maximum Gasteiger partial charge on any atom is 0.328 e. The number of aromatic nitrogens is 4. The van der Waals surface area contributed by atoms with Crippen molar-refractivity contribution < 1.29 is 14.3 Å². The van der Waals surface area contributed by atoms with Gasteiger partial charge in [0.15, 0.2) is 0 Å². The lowest BCUT2D eigenvalue weighted by molar-refractivity contribution is -0.131. The third-order valence-corrected chi connectivity index (χ3v) is 3.85. The van der Waals surface area contributed by atoms with Crippen molar-refractivity contribution in [1.29, 1.82) is 0 Å². The molecule has 0 aliphatic carbocycles. The summed E-state index contributed by atoms with van der Waals surface area (Å²) in [6.45, 7) is 0. The molecule has 0 saturated carbocycles. The molecule has 0 bridgehead atoms. The average Bonchev–Trinajstić information content (AvgIpc) is 2.99. The van der Waals surface area contributed by atoms with E-state index in [0.717, 1.165) is 17.8 Å². The van der Waals surface area contributed by atoms with Gasteiger partial charge in [-0.2, -0.15) is 0 Å². The minimum Gasteiger partial charge on any atom is -0.478 e. The summed E-state index contributed by atoms with van der Waals surface area (Å²) in [7, 11) is 0. The zero-order valence-corrected chi connectivity index (χ0v) is 12.8. The quantitative estimate of drug-likeness (QED) is 0.560. The van der Waals surface area contributed by atoms with Gasteiger partial charge in [-0.3, -0.25) is 9.97 Å². The van der Waals surface area contributed by atoms with Gasteiger partial charge in [-0.05, 0) is 24.3 Å². The van der Waals surface area contributed by atoms with Crippen LogP contribution < -0.4 is 0 Å². The van der Waals surface area contributed by atoms with E-state index in [9.17, 15) is 9.18 Å². The molecule has 0 atom stereocenters. The second kappa shape index (κ2) is 5.79. The van der Waals surface area contributed by atoms with E-state index in [0.29, 0.717) is 27.6 Å². The van der Waals surface area contributed by atoms with Crippen molar-refractivity contribution in [1.82, 2.24) is 19.9 Å². The van der Waals surface area contributed by atoms with Gasteiger partial charge < -0.3 is 10.1 Å². The predicted octanol–water partition coefficient (Wildman–Crippen LogP) is 3.41. The molecule has 4 aromatic heterocycles. The molecule has 0 spiro atoms. The Bertz CT molecular complexity index is 1140. The molecule has 0 fully saturated rings. The van der Waals surface area contributed by atoms with Crippen LogP contribution in [0.4, 0.5) is 4.39 Å². The highest BCUT2D eigenvalue weighted by atomic mass is 19.1. The van der Waals surface area contributed by atoms with E-state index in [4.69, 9.17) is 5.11 Å². The summed E-state index contributed by atoms with van der Waals surface area (Å²) < 4.78 is 14.3. The zero-order valence-electron chi connectivity index (χ0n) is 12.8. The molecule has 4 rings (SSSR count). The van der Waals surface area contributed by atoms with Gasteiger partial charge in [0.1, 0.15) is 11.5 Å². The topological polar surface area (TPSA) is 91.8 Å². The zero-order chi connectivity index (χ0) is 17.4. The Kier molecular flexibility index (Phi) is 3.46. The summed E-state index contributed by atoms with van der Waals surface area (Å²) in [5.74, 6) is -1.74. The Balaban J connectivity index is 2.02. The van der Waals surface area contributed by atoms with Crippen LogP contribution in [-0.4, -0.2) is 31.0 Å². The number of hydrogen-bond acceptors (Lipinski definition) is 4. The van der Waals surface area contributed by atoms with Crippen molar-refractivity contribution in [3.05, 3.63) is 60.4 Å². The number of fused-ring (bicyclic) bond motifs is 3. The summed E-state index contributed by atoms with van der Waals surface area (Å²) in [5, 5.41) is 10.1. The highest BCUT2D eigenvalue weighted by molar-refractivity contribution is 6.10. The van der Waals surface area contributed by atoms with E-state index in [-0.39, 0.29) is 5.56 Å². The molecule has 6 nitrogen and oxygen atoms in total. The first-order valence-corrected chi connectivity index (χ1v) is 7.41. The number of nitrogens with zero attached hydrogens (tertiary/aromatic N) is 3. The smallest absolute Gasteiger partial charge is 0.328 e. The number of hydrogen-bond donors (Lipinski definition) is 2. The number of nitrogens with one attached hydrogen (secondary N) is 1. The van der Waals surface area contributed by atoms with Gasteiger partial charge in [-0.1, -0.05) is 0 Å². The molecular formula is C18H11FN4O2. The third-order valence-electron chi connectivity index (χ3n) is 3.85. The largest absolute Gasteiger partial charge is 0.478 e. The van der Waals surface area contributed by atoms with Crippen LogP contribution in [-0.2, 0) is 4.79 Å². The number of aliphatic carboxylic acids is 1. The number of carboxylic acids is 1. The molecule has 7 heteroatoms. The van der Waals surface area contributed by atoms with Crippen LogP contribution in [0.3, 0.4) is 0 Å². The van der Waals surface area contributed by atoms with Crippen molar-refractivity contribution >= 4 is 34.0 Å². The molecule has 0 saturated heterocycles. The fourth-order valence-corrected chi connectivity index (χ4v) is 2.75. The van der Waals surface area contributed by atoms with Crippen LogP contribution in [0.2, 0.25) is 0 Å². The fourth-order valence-electron chi connectivity index (χ4n) is 2.75. The lowest BCUT2D eigenvalue weighted by Gasteiger charge is -2.02. The Morgan fingerprint density at radius 1 is 1.24 bits per heavy atom. The van der Waals surface area contributed by atoms with E-state index in [1.807, 2.05) is 12.1 Å². The van der Waals surface area contributed by atoms with E-state index >= 15 is 0 Å². The normalized spacial score (nSPS) is 11.6. The van der Waals surface area contributed by atoms with Crippen molar-refractivity contribution in [2.24, 2.45) is 0 Å². The standard InChI is InChI=1S/C18H11FN4O2/c19-13-8-22-18-17(11(13)3-4-16(24)25)12-6-14(21-9-15(12)23-18)10-2-1-5-20-7-10/h1-9H,(H,22,23)(H,24,25). The lowest BCUT2D eigenvalue weighted by Crippen LogP contribution is -1.90. The fraction of sp³-hybridized carbons (Fsp3) is 0. The molecule has 4 heterocycles. The van der Waals surface area contributed by atoms with Gasteiger partial charge in [0.05, 0.1) is 23.6 Å². The highest BCUT2D eigenvalue weighted by Crippen LogP contribution is 2.31. The molecule has 122 valence electrons. The predicted molar refractivity (Wildman–Crippen MR) is 91.3 cm³/mol. The third kappa shape index (κ3) is 2.61. The van der Waals surface area contributed by atoms with Gasteiger partial charge in [0.25, 0.3) is 0 Å². The number of rotatable bonds is 3. The lowest BCUT2D eigenvalue weighted by atomic mass is 10.1. The number of halogens is 1. The van der Waals surface area contributed by atoms with Crippen molar-refractivity contribution in [3.63, 3.8) is 0 Å². The number of H-pyrrole nitrogens is 1. The summed E-state index contributed by atoms with van der Waals surface area (Å²) in [6, 6.07) is 5.49. The molecule has 4 aromatic rings. The van der Waals surface area contributed by atoms with Crippen LogP contribution in [0.15, 0.2) is 49.1 Å². The highest BCUT2D eigenvalue weighted by Gasteiger charge is 2.14. The van der Waals surface area contributed by atoms with Gasteiger partial charge in [0.2, 0.25) is 0 Å². The van der Waals surface area contributed by atoms with Crippen molar-refractivity contribution in [3.8, 4) is 11.3 Å². The van der Waals surface area contributed by atoms with Gasteiger partial charge >= 0.3 is 5.97 Å². The summed E-state index contributed by atoms with van der Waals surface area (Å²) in [6.07, 6.45) is 8.20. The van der Waals surface area contributed by atoms with Crippen LogP contribution in [0.1, 0.15) is 5.56 Å². The van der Waals surface area contributed by atoms with E-state index in [1.54, 1.807) is 24.7 Å². The molecular weight excluding hydrogens is 323 g/mol. The summed E-state index contributed by atoms with van der Waals surface area (Å²) in [5.41, 5.74) is 2.82. The first-order valence-electron chi connectivity index (χ1n) is 7.41. The van der Waals surface area contributed by atoms with Crippen LogP contribution in [0.25, 0.3) is 39.3 Å². The van der Waals surface area contributed by atoms with E-state index < -0.39 is 11.8 Å². The van der Waals surface area contributed by atoms with Crippen LogP contribution in [0.5, 0.6) is 0 Å². The number of carboxylic acid groups (broad SMARTS) is 1. The monoisotopic (exact) mass is 334 g/mol. The first kappa shape index (κ1) is 14.9. The van der Waals surface area contributed by atoms with Crippen molar-refractivity contribution in [2.75, 3.05) is 0 Å². The maximum atomic E-state index is 14.3. The minimum absolute atomic E-state index is 0.169. The Labute approximate surface area is 140 Å². The Morgan fingerprint density at radius 2 is 2.12 bits per heavy atom. The minimum atomic E-state index is -1.15. The second-order valence-corrected chi connectivity index (χ2v) is 5.40. The SMILES string of the molecule is O=C(O)C=Cc1c(F)cnc2[nH]c3cnc(-c4cccnc4)cc3c12. The molecule has 0 amide bonds. The molecule has 0 unspecified atom stereocenters. The molecule has 0 aromatic carbocycles. The molecule has 0 aliphatic heterocycles. The Hall–Kier alpha value is -3.61. The van der Waals surface area contributed by atoms with Crippen LogP contribution >= 0.6 is 0 Å². The Morgan fingerprint density at radius 3 is 2.88 bits per heavy atom. The van der Waals surface area contributed by atoms with Gasteiger partial charge in [-0.25, -0.2) is 14.2 Å². The summed E-state index contributed by atoms with van der Waals surface area (Å²) >= 11 is 0. The summed E-state index contributed by atoms with van der Waals surface area (Å²) in [4.78, 5) is 26.4. The molecule has 0 radical (unpaired) electrons. The maximum absolute atomic E-state index is 14.3. The molecule has 25 heavy (non-hydrogen) atoms. The van der Waals surface area contributed by atoms with E-state index in [2.05, 4.69) is 19.9 Å². The molecule has 0 aliphatic rings. The van der Waals surface area contributed by atoms with Crippen molar-refractivity contribution in [2.45, 2.75) is 0 Å². The van der Waals surface area contributed by atoms with Crippen LogP contribution in [0, 0.1) is 5.82 Å². The average molecular weight is 334 g/mol. The van der Waals surface area contributed by atoms with Gasteiger partial charge in [0, 0.05) is 40.4 Å².